The van der Waals surface area contributed by atoms with Crippen LogP contribution in [0.15, 0.2) is 48.9 Å². The van der Waals surface area contributed by atoms with E-state index < -0.39 is 17.9 Å². The molecule has 1 saturated heterocycles. The van der Waals surface area contributed by atoms with Crippen molar-refractivity contribution in [1.82, 2.24) is 15.0 Å². The topological polar surface area (TPSA) is 41.9 Å². The molecule has 0 saturated carbocycles. The Kier molecular flexibility index (Phi) is 5.60. The molecule has 9 heteroatoms. The first kappa shape index (κ1) is 20.5. The van der Waals surface area contributed by atoms with Crippen LogP contribution in [0.1, 0.15) is 18.4 Å². The maximum atomic E-state index is 13.5. The zero-order valence-corrected chi connectivity index (χ0v) is 16.5. The number of benzene rings is 1. The van der Waals surface area contributed by atoms with Crippen molar-refractivity contribution in [2.45, 2.75) is 25.2 Å². The van der Waals surface area contributed by atoms with Crippen LogP contribution in [-0.2, 0) is 6.18 Å². The molecule has 2 aromatic heterocycles. The molecule has 1 aromatic carbocycles. The lowest BCUT2D eigenvalue weighted by molar-refractivity contribution is -0.137. The summed E-state index contributed by atoms with van der Waals surface area (Å²) in [6.45, 7) is 1.03. The molecule has 0 N–H and O–H groups in total. The van der Waals surface area contributed by atoms with Crippen LogP contribution in [-0.4, -0.2) is 34.2 Å². The molecule has 0 bridgehead atoms. The van der Waals surface area contributed by atoms with Crippen molar-refractivity contribution >= 4 is 17.4 Å². The molecule has 0 radical (unpaired) electrons. The van der Waals surface area contributed by atoms with Gasteiger partial charge >= 0.3 is 6.18 Å². The maximum Gasteiger partial charge on any atom is 0.416 e. The molecule has 0 amide bonds. The third-order valence-corrected chi connectivity index (χ3v) is 5.32. The van der Waals surface area contributed by atoms with Crippen LogP contribution in [0.5, 0.6) is 0 Å². The van der Waals surface area contributed by atoms with Crippen molar-refractivity contribution in [2.24, 2.45) is 0 Å². The summed E-state index contributed by atoms with van der Waals surface area (Å²) >= 11 is 6.32. The molecule has 156 valence electrons. The summed E-state index contributed by atoms with van der Waals surface area (Å²) in [6, 6.07) is 6.42. The van der Waals surface area contributed by atoms with Gasteiger partial charge in [0, 0.05) is 36.6 Å². The van der Waals surface area contributed by atoms with Crippen molar-refractivity contribution < 1.29 is 17.6 Å². The number of alkyl halides is 4. The monoisotopic (exact) mass is 436 g/mol. The van der Waals surface area contributed by atoms with Crippen LogP contribution in [0, 0.1) is 0 Å². The van der Waals surface area contributed by atoms with Gasteiger partial charge in [0.1, 0.15) is 17.7 Å². The predicted molar refractivity (Wildman–Crippen MR) is 107 cm³/mol. The van der Waals surface area contributed by atoms with E-state index in [-0.39, 0.29) is 0 Å². The summed E-state index contributed by atoms with van der Waals surface area (Å²) in [5.74, 6) is 0.570. The standard InChI is InChI=1S/C21H17ClF4N4/c22-17-11-27-8-5-16(17)20-19(13-1-3-14(4-2-13)21(24,25)26)28-12-18(29-20)30-9-6-15(23)7-10-30/h1-5,8,11-12,15H,6-7,9-10H2. The van der Waals surface area contributed by atoms with E-state index in [1.807, 2.05) is 4.90 Å². The van der Waals surface area contributed by atoms with Gasteiger partial charge in [0.05, 0.1) is 22.5 Å². The largest absolute Gasteiger partial charge is 0.416 e. The van der Waals surface area contributed by atoms with E-state index in [1.165, 1.54) is 18.3 Å². The average Bonchev–Trinajstić information content (AvgIpc) is 2.74. The molecule has 4 nitrogen and oxygen atoms in total. The molecule has 1 fully saturated rings. The van der Waals surface area contributed by atoms with Crippen LogP contribution in [0.2, 0.25) is 5.02 Å². The summed E-state index contributed by atoms with van der Waals surface area (Å²) in [7, 11) is 0. The zero-order chi connectivity index (χ0) is 21.3. The number of aromatic nitrogens is 3. The molecule has 1 aliphatic rings. The van der Waals surface area contributed by atoms with Crippen LogP contribution < -0.4 is 4.90 Å². The van der Waals surface area contributed by atoms with E-state index in [2.05, 4.69) is 9.97 Å². The summed E-state index contributed by atoms with van der Waals surface area (Å²) in [5.41, 5.74) is 1.14. The molecule has 0 aliphatic carbocycles. The highest BCUT2D eigenvalue weighted by Gasteiger charge is 2.30. The van der Waals surface area contributed by atoms with Crippen molar-refractivity contribution in [2.75, 3.05) is 18.0 Å². The van der Waals surface area contributed by atoms with Crippen molar-refractivity contribution in [3.05, 3.63) is 59.5 Å². The number of anilines is 1. The van der Waals surface area contributed by atoms with Gasteiger partial charge in [-0.3, -0.25) is 9.97 Å². The van der Waals surface area contributed by atoms with Crippen molar-refractivity contribution in [3.8, 4) is 22.5 Å². The van der Waals surface area contributed by atoms with Crippen molar-refractivity contribution in [3.63, 3.8) is 0 Å². The minimum atomic E-state index is -4.42. The third-order valence-electron chi connectivity index (χ3n) is 5.02. The molecule has 30 heavy (non-hydrogen) atoms. The van der Waals surface area contributed by atoms with Gasteiger partial charge in [-0.2, -0.15) is 13.2 Å². The first-order valence-corrected chi connectivity index (χ1v) is 9.74. The lowest BCUT2D eigenvalue weighted by Crippen LogP contribution is -2.35. The van der Waals surface area contributed by atoms with Gasteiger partial charge in [-0.05, 0) is 31.0 Å². The Morgan fingerprint density at radius 1 is 0.967 bits per heavy atom. The maximum absolute atomic E-state index is 13.5. The van der Waals surface area contributed by atoms with E-state index in [0.29, 0.717) is 59.3 Å². The minimum Gasteiger partial charge on any atom is -0.355 e. The van der Waals surface area contributed by atoms with Gasteiger partial charge in [0.15, 0.2) is 0 Å². The fourth-order valence-electron chi connectivity index (χ4n) is 3.39. The average molecular weight is 437 g/mol. The number of piperidine rings is 1. The number of halogens is 5. The summed E-state index contributed by atoms with van der Waals surface area (Å²) in [4.78, 5) is 15.1. The highest BCUT2D eigenvalue weighted by molar-refractivity contribution is 6.33. The number of nitrogens with zero attached hydrogens (tertiary/aromatic N) is 4. The quantitative estimate of drug-likeness (QED) is 0.485. The van der Waals surface area contributed by atoms with Crippen LogP contribution >= 0.6 is 11.6 Å². The molecule has 0 unspecified atom stereocenters. The van der Waals surface area contributed by atoms with Gasteiger partial charge < -0.3 is 4.90 Å². The van der Waals surface area contributed by atoms with E-state index in [0.717, 1.165) is 12.1 Å². The Bertz CT molecular complexity index is 1030. The minimum absolute atomic E-state index is 0.347. The Morgan fingerprint density at radius 3 is 2.30 bits per heavy atom. The Morgan fingerprint density at radius 2 is 1.67 bits per heavy atom. The Labute approximate surface area is 175 Å². The Hall–Kier alpha value is -2.74. The summed E-state index contributed by atoms with van der Waals surface area (Å²) < 4.78 is 52.3. The molecule has 3 aromatic rings. The lowest BCUT2D eigenvalue weighted by atomic mass is 10.0. The highest BCUT2D eigenvalue weighted by Crippen LogP contribution is 2.36. The molecule has 3 heterocycles. The van der Waals surface area contributed by atoms with Gasteiger partial charge in [-0.1, -0.05) is 23.7 Å². The molecular formula is C21H17ClF4N4. The van der Waals surface area contributed by atoms with Crippen LogP contribution in [0.3, 0.4) is 0 Å². The second-order valence-electron chi connectivity index (χ2n) is 7.02. The second kappa shape index (κ2) is 8.18. The lowest BCUT2D eigenvalue weighted by Gasteiger charge is -2.29. The number of hydrogen-bond donors (Lipinski definition) is 0. The van der Waals surface area contributed by atoms with E-state index in [4.69, 9.17) is 16.6 Å². The van der Waals surface area contributed by atoms with Crippen molar-refractivity contribution in [1.29, 1.82) is 0 Å². The van der Waals surface area contributed by atoms with Gasteiger partial charge in [-0.25, -0.2) is 9.37 Å². The molecular weight excluding hydrogens is 420 g/mol. The molecule has 4 rings (SSSR count). The normalized spacial score (nSPS) is 15.4. The second-order valence-corrected chi connectivity index (χ2v) is 7.42. The fourth-order valence-corrected chi connectivity index (χ4v) is 3.60. The predicted octanol–water partition coefficient (Wildman–Crippen LogP) is 5.82. The SMILES string of the molecule is FC1CCN(c2cnc(-c3ccc(C(F)(F)F)cc3)c(-c3ccncc3Cl)n2)CC1. The first-order valence-electron chi connectivity index (χ1n) is 9.36. The van der Waals surface area contributed by atoms with Crippen LogP contribution in [0.4, 0.5) is 23.4 Å². The van der Waals surface area contributed by atoms with E-state index >= 15 is 0 Å². The molecule has 0 spiro atoms. The van der Waals surface area contributed by atoms with Gasteiger partial charge in [-0.15, -0.1) is 0 Å². The highest BCUT2D eigenvalue weighted by atomic mass is 35.5. The van der Waals surface area contributed by atoms with Crippen LogP contribution in [0.25, 0.3) is 22.5 Å². The summed E-state index contributed by atoms with van der Waals surface area (Å²) in [6.07, 6.45) is 0.158. The van der Waals surface area contributed by atoms with E-state index in [9.17, 15) is 17.6 Å². The molecule has 0 atom stereocenters. The smallest absolute Gasteiger partial charge is 0.355 e. The first-order chi connectivity index (χ1) is 14.3. The number of rotatable bonds is 3. The number of hydrogen-bond acceptors (Lipinski definition) is 4. The zero-order valence-electron chi connectivity index (χ0n) is 15.7. The summed E-state index contributed by atoms with van der Waals surface area (Å²) in [5, 5.41) is 0.347. The Balaban J connectivity index is 1.79. The molecule has 1 aliphatic heterocycles. The fraction of sp³-hybridized carbons (Fsp3) is 0.286. The third kappa shape index (κ3) is 4.23. The van der Waals surface area contributed by atoms with E-state index in [1.54, 1.807) is 18.5 Å². The number of pyridine rings is 1. The van der Waals surface area contributed by atoms with Gasteiger partial charge in [0.25, 0.3) is 0 Å². The van der Waals surface area contributed by atoms with Gasteiger partial charge in [0.2, 0.25) is 0 Å².